The quantitative estimate of drug-likeness (QED) is 0.541. The molecule has 0 spiro atoms. The molecule has 0 aromatic carbocycles. The predicted molar refractivity (Wildman–Crippen MR) is 58.1 cm³/mol. The van der Waals surface area contributed by atoms with Gasteiger partial charge >= 0.3 is 11.9 Å². The van der Waals surface area contributed by atoms with Crippen LogP contribution < -0.4 is 0 Å². The third kappa shape index (κ3) is 2.60. The highest BCUT2D eigenvalue weighted by Gasteiger charge is 2.53. The van der Waals surface area contributed by atoms with Gasteiger partial charge in [0.15, 0.2) is 0 Å². The van der Waals surface area contributed by atoms with Gasteiger partial charge in [-0.25, -0.2) is 0 Å². The smallest absolute Gasteiger partial charge is 0.309 e. The maximum atomic E-state index is 11.8. The van der Waals surface area contributed by atoms with Gasteiger partial charge in [0.25, 0.3) is 0 Å². The fraction of sp³-hybridized carbons (Fsp3) is 0.833. The number of hydrogen-bond acceptors (Lipinski definition) is 5. The number of hydrogen-bond donors (Lipinski definition) is 0. The Bertz CT molecular complexity index is 284. The van der Waals surface area contributed by atoms with Gasteiger partial charge in [0, 0.05) is 0 Å². The largest absolute Gasteiger partial charge is 0.466 e. The first-order chi connectivity index (χ1) is 8.17. The first-order valence-corrected chi connectivity index (χ1v) is 6.16. The normalized spacial score (nSPS) is 34.7. The fourth-order valence-electron chi connectivity index (χ4n) is 2.44. The van der Waals surface area contributed by atoms with Crippen molar-refractivity contribution < 1.29 is 23.8 Å². The number of epoxide rings is 1. The average Bonchev–Trinajstić information content (AvgIpc) is 3.06. The van der Waals surface area contributed by atoms with E-state index in [1.165, 1.54) is 0 Å². The monoisotopic (exact) mass is 242 g/mol. The van der Waals surface area contributed by atoms with Gasteiger partial charge < -0.3 is 14.2 Å². The van der Waals surface area contributed by atoms with Gasteiger partial charge in [-0.3, -0.25) is 9.59 Å². The summed E-state index contributed by atoms with van der Waals surface area (Å²) in [6, 6.07) is 0. The third-order valence-corrected chi connectivity index (χ3v) is 3.32. The maximum absolute atomic E-state index is 11.8. The number of carbonyl (C=O) groups is 2. The van der Waals surface area contributed by atoms with Crippen molar-refractivity contribution in [3.05, 3.63) is 0 Å². The lowest BCUT2D eigenvalue weighted by Crippen LogP contribution is -2.37. The van der Waals surface area contributed by atoms with E-state index >= 15 is 0 Å². The molecule has 2 fully saturated rings. The number of ether oxygens (including phenoxy) is 3. The first-order valence-electron chi connectivity index (χ1n) is 6.16. The molecule has 1 heterocycles. The van der Waals surface area contributed by atoms with E-state index in [0.29, 0.717) is 26.1 Å². The molecule has 0 amide bonds. The maximum Gasteiger partial charge on any atom is 0.309 e. The lowest BCUT2D eigenvalue weighted by molar-refractivity contribution is -0.161. The Hall–Kier alpha value is -1.10. The minimum atomic E-state index is -0.405. The molecule has 0 radical (unpaired) electrons. The van der Waals surface area contributed by atoms with Crippen LogP contribution in [0.4, 0.5) is 0 Å². The van der Waals surface area contributed by atoms with Crippen LogP contribution in [-0.4, -0.2) is 37.4 Å². The fourth-order valence-corrected chi connectivity index (χ4v) is 2.44. The summed E-state index contributed by atoms with van der Waals surface area (Å²) in [4.78, 5) is 23.6. The second-order valence-electron chi connectivity index (χ2n) is 4.40. The van der Waals surface area contributed by atoms with Crippen molar-refractivity contribution in [1.82, 2.24) is 0 Å². The van der Waals surface area contributed by atoms with E-state index in [9.17, 15) is 9.59 Å². The van der Waals surface area contributed by atoms with Gasteiger partial charge in [0.2, 0.25) is 0 Å². The summed E-state index contributed by atoms with van der Waals surface area (Å²) >= 11 is 0. The van der Waals surface area contributed by atoms with Gasteiger partial charge in [0.05, 0.1) is 37.3 Å². The summed E-state index contributed by atoms with van der Waals surface area (Å²) in [6.07, 6.45) is 1.42. The summed E-state index contributed by atoms with van der Waals surface area (Å²) in [5.41, 5.74) is 0. The second kappa shape index (κ2) is 5.04. The summed E-state index contributed by atoms with van der Waals surface area (Å²) in [6.45, 7) is 4.19. The topological polar surface area (TPSA) is 65.1 Å². The van der Waals surface area contributed by atoms with E-state index < -0.39 is 11.8 Å². The molecule has 5 heteroatoms. The van der Waals surface area contributed by atoms with Crippen molar-refractivity contribution >= 4 is 11.9 Å². The highest BCUT2D eigenvalue weighted by Crippen LogP contribution is 2.43. The van der Waals surface area contributed by atoms with Crippen LogP contribution in [0, 0.1) is 11.8 Å². The number of rotatable bonds is 4. The van der Waals surface area contributed by atoms with Crippen molar-refractivity contribution in [2.24, 2.45) is 11.8 Å². The number of fused-ring (bicyclic) bond motifs is 1. The Morgan fingerprint density at radius 2 is 1.41 bits per heavy atom. The van der Waals surface area contributed by atoms with Crippen molar-refractivity contribution in [3.63, 3.8) is 0 Å². The lowest BCUT2D eigenvalue weighted by atomic mass is 9.79. The molecule has 1 saturated carbocycles. The molecule has 2 rings (SSSR count). The molecular weight excluding hydrogens is 224 g/mol. The highest BCUT2D eigenvalue weighted by molar-refractivity contribution is 5.82. The van der Waals surface area contributed by atoms with Crippen LogP contribution in [0.5, 0.6) is 0 Å². The number of esters is 2. The molecule has 5 nitrogen and oxygen atoms in total. The zero-order valence-electron chi connectivity index (χ0n) is 10.2. The van der Waals surface area contributed by atoms with E-state index in [2.05, 4.69) is 0 Å². The Morgan fingerprint density at radius 3 is 1.76 bits per heavy atom. The third-order valence-electron chi connectivity index (χ3n) is 3.32. The standard InChI is InChI=1S/C12H18O5/c1-3-15-11(13)7-5-9-10(17-9)6-8(7)12(14)16-4-2/h7-10H,3-6H2,1-2H3/t7-,8+,9+,10-. The minimum Gasteiger partial charge on any atom is -0.466 e. The van der Waals surface area contributed by atoms with E-state index in [0.717, 1.165) is 0 Å². The van der Waals surface area contributed by atoms with Crippen LogP contribution >= 0.6 is 0 Å². The molecule has 2 aliphatic rings. The summed E-state index contributed by atoms with van der Waals surface area (Å²) in [5.74, 6) is -1.42. The van der Waals surface area contributed by atoms with E-state index in [1.807, 2.05) is 0 Å². The first kappa shape index (κ1) is 12.4. The molecule has 4 atom stereocenters. The zero-order valence-corrected chi connectivity index (χ0v) is 10.2. The Kier molecular flexibility index (Phi) is 3.66. The summed E-state index contributed by atoms with van der Waals surface area (Å²) in [5, 5.41) is 0. The molecule has 0 aromatic heterocycles. The van der Waals surface area contributed by atoms with E-state index in [-0.39, 0.29) is 24.1 Å². The van der Waals surface area contributed by atoms with Gasteiger partial charge in [0.1, 0.15) is 0 Å². The van der Waals surface area contributed by atoms with Crippen molar-refractivity contribution in [2.75, 3.05) is 13.2 Å². The average molecular weight is 242 g/mol. The molecular formula is C12H18O5. The molecule has 0 N–H and O–H groups in total. The van der Waals surface area contributed by atoms with Crippen LogP contribution in [0.15, 0.2) is 0 Å². The van der Waals surface area contributed by atoms with Crippen LogP contribution in [-0.2, 0) is 23.8 Å². The number of carbonyl (C=O) groups excluding carboxylic acids is 2. The van der Waals surface area contributed by atoms with Gasteiger partial charge in [-0.2, -0.15) is 0 Å². The molecule has 0 unspecified atom stereocenters. The summed E-state index contributed by atoms with van der Waals surface area (Å²) < 4.78 is 15.4. The Labute approximate surface area is 100 Å². The highest BCUT2D eigenvalue weighted by atomic mass is 16.6. The molecule has 1 saturated heterocycles. The van der Waals surface area contributed by atoms with Gasteiger partial charge in [-0.05, 0) is 26.7 Å². The van der Waals surface area contributed by atoms with Gasteiger partial charge in [-0.15, -0.1) is 0 Å². The van der Waals surface area contributed by atoms with E-state index in [4.69, 9.17) is 14.2 Å². The van der Waals surface area contributed by atoms with Gasteiger partial charge in [-0.1, -0.05) is 0 Å². The SMILES string of the molecule is CCOC(=O)[C@H]1C[C@H]2O[C@H]2C[C@H]1C(=O)OCC. The molecule has 96 valence electrons. The molecule has 1 aliphatic carbocycles. The second-order valence-corrected chi connectivity index (χ2v) is 4.40. The molecule has 0 bridgehead atoms. The van der Waals surface area contributed by atoms with E-state index in [1.54, 1.807) is 13.8 Å². The van der Waals surface area contributed by atoms with Crippen LogP contribution in [0.3, 0.4) is 0 Å². The summed E-state index contributed by atoms with van der Waals surface area (Å²) in [7, 11) is 0. The molecule has 0 aromatic rings. The van der Waals surface area contributed by atoms with Crippen molar-refractivity contribution in [2.45, 2.75) is 38.9 Å². The minimum absolute atomic E-state index is 0.134. The lowest BCUT2D eigenvalue weighted by Gasteiger charge is -2.25. The van der Waals surface area contributed by atoms with Crippen molar-refractivity contribution in [1.29, 1.82) is 0 Å². The Balaban J connectivity index is 2.03. The Morgan fingerprint density at radius 1 is 1.00 bits per heavy atom. The predicted octanol–water partition coefficient (Wildman–Crippen LogP) is 0.906. The molecule has 17 heavy (non-hydrogen) atoms. The van der Waals surface area contributed by atoms with Crippen molar-refractivity contribution in [3.8, 4) is 0 Å². The molecule has 1 aliphatic heterocycles. The van der Waals surface area contributed by atoms with Crippen LogP contribution in [0.2, 0.25) is 0 Å². The van der Waals surface area contributed by atoms with Crippen LogP contribution in [0.25, 0.3) is 0 Å². The van der Waals surface area contributed by atoms with Crippen LogP contribution in [0.1, 0.15) is 26.7 Å². The zero-order chi connectivity index (χ0) is 12.4.